The highest BCUT2D eigenvalue weighted by atomic mass is 19.1. The van der Waals surface area contributed by atoms with Crippen LogP contribution in [0.15, 0.2) is 36.9 Å². The Bertz CT molecular complexity index is 505. The first-order valence-electron chi connectivity index (χ1n) is 6.14. The Morgan fingerprint density at radius 1 is 1.45 bits per heavy atom. The van der Waals surface area contributed by atoms with E-state index in [1.165, 1.54) is 29.2 Å². The van der Waals surface area contributed by atoms with Crippen LogP contribution in [0.3, 0.4) is 0 Å². The van der Waals surface area contributed by atoms with Crippen LogP contribution >= 0.6 is 0 Å². The summed E-state index contributed by atoms with van der Waals surface area (Å²) in [6.07, 6.45) is 1.44. The Hall–Kier alpha value is -2.37. The minimum atomic E-state index is -1.12. The fraction of sp³-hybridized carbons (Fsp3) is 0.286. The summed E-state index contributed by atoms with van der Waals surface area (Å²) in [5, 5.41) is 8.82. The molecule has 108 valence electrons. The highest BCUT2D eigenvalue weighted by Crippen LogP contribution is 2.17. The number of nitrogens with zero attached hydrogens (tertiary/aromatic N) is 2. The number of anilines is 1. The summed E-state index contributed by atoms with van der Waals surface area (Å²) in [5.74, 6) is -1.57. The molecule has 0 spiro atoms. The maximum Gasteiger partial charge on any atom is 0.325 e. The van der Waals surface area contributed by atoms with Gasteiger partial charge in [0.05, 0.1) is 0 Å². The van der Waals surface area contributed by atoms with Crippen molar-refractivity contribution in [3.05, 3.63) is 42.7 Å². The molecule has 0 fully saturated rings. The normalized spacial score (nSPS) is 9.90. The number of amides is 2. The Kier molecular flexibility index (Phi) is 5.71. The molecule has 0 saturated carbocycles. The molecule has 1 aromatic carbocycles. The van der Waals surface area contributed by atoms with Gasteiger partial charge in [-0.2, -0.15) is 0 Å². The highest BCUT2D eigenvalue weighted by Gasteiger charge is 2.22. The molecule has 0 heterocycles. The van der Waals surface area contributed by atoms with Crippen LogP contribution in [-0.4, -0.2) is 41.6 Å². The van der Waals surface area contributed by atoms with Gasteiger partial charge in [-0.3, -0.25) is 9.69 Å². The number of rotatable bonds is 6. The summed E-state index contributed by atoms with van der Waals surface area (Å²) in [4.78, 5) is 25.6. The third kappa shape index (κ3) is 4.08. The molecule has 0 radical (unpaired) electrons. The first-order chi connectivity index (χ1) is 9.49. The molecular formula is C14H17FN2O3. The van der Waals surface area contributed by atoms with E-state index in [4.69, 9.17) is 5.11 Å². The predicted octanol–water partition coefficient (Wildman–Crippen LogP) is 2.34. The van der Waals surface area contributed by atoms with Crippen molar-refractivity contribution < 1.29 is 19.1 Å². The molecule has 1 rings (SSSR count). The maximum atomic E-state index is 13.2. The van der Waals surface area contributed by atoms with Crippen molar-refractivity contribution in [1.29, 1.82) is 0 Å². The third-order valence-electron chi connectivity index (χ3n) is 2.61. The summed E-state index contributed by atoms with van der Waals surface area (Å²) in [6, 6.07) is 5.10. The van der Waals surface area contributed by atoms with Crippen LogP contribution in [-0.2, 0) is 4.79 Å². The molecule has 0 bridgehead atoms. The molecule has 0 atom stereocenters. The lowest BCUT2D eigenvalue weighted by Crippen LogP contribution is -2.45. The smallest absolute Gasteiger partial charge is 0.325 e. The van der Waals surface area contributed by atoms with Gasteiger partial charge in [0.1, 0.15) is 12.4 Å². The average molecular weight is 280 g/mol. The van der Waals surface area contributed by atoms with Gasteiger partial charge in [-0.05, 0) is 25.1 Å². The van der Waals surface area contributed by atoms with E-state index in [2.05, 4.69) is 6.58 Å². The van der Waals surface area contributed by atoms with E-state index in [1.807, 2.05) is 0 Å². The van der Waals surface area contributed by atoms with Gasteiger partial charge in [0, 0.05) is 18.8 Å². The van der Waals surface area contributed by atoms with Gasteiger partial charge in [0.2, 0.25) is 0 Å². The number of benzene rings is 1. The summed E-state index contributed by atoms with van der Waals surface area (Å²) >= 11 is 0. The zero-order valence-corrected chi connectivity index (χ0v) is 11.3. The predicted molar refractivity (Wildman–Crippen MR) is 74.2 cm³/mol. The van der Waals surface area contributed by atoms with Crippen molar-refractivity contribution in [2.75, 3.05) is 24.5 Å². The van der Waals surface area contributed by atoms with Crippen molar-refractivity contribution in [2.24, 2.45) is 0 Å². The van der Waals surface area contributed by atoms with Crippen molar-refractivity contribution >= 4 is 17.7 Å². The number of urea groups is 1. The minimum absolute atomic E-state index is 0.108. The van der Waals surface area contributed by atoms with Crippen LogP contribution in [0.1, 0.15) is 6.92 Å². The fourth-order valence-electron chi connectivity index (χ4n) is 1.77. The molecule has 0 aromatic heterocycles. The molecule has 0 aliphatic carbocycles. The van der Waals surface area contributed by atoms with E-state index in [9.17, 15) is 14.0 Å². The monoisotopic (exact) mass is 280 g/mol. The zero-order chi connectivity index (χ0) is 15.1. The minimum Gasteiger partial charge on any atom is -0.480 e. The molecule has 0 aliphatic rings. The SMILES string of the molecule is C=CCN(CC(=O)O)C(=O)N(CC)c1cccc(F)c1. The van der Waals surface area contributed by atoms with Gasteiger partial charge >= 0.3 is 12.0 Å². The number of carboxylic acids is 1. The number of aliphatic carboxylic acids is 1. The molecule has 1 aromatic rings. The lowest BCUT2D eigenvalue weighted by molar-refractivity contribution is -0.137. The molecule has 0 unspecified atom stereocenters. The Morgan fingerprint density at radius 3 is 2.65 bits per heavy atom. The Labute approximate surface area is 116 Å². The van der Waals surface area contributed by atoms with E-state index in [-0.39, 0.29) is 6.54 Å². The molecular weight excluding hydrogens is 263 g/mol. The molecule has 2 amide bonds. The van der Waals surface area contributed by atoms with Gasteiger partial charge in [-0.15, -0.1) is 6.58 Å². The van der Waals surface area contributed by atoms with Crippen LogP contribution in [0, 0.1) is 5.82 Å². The maximum absolute atomic E-state index is 13.2. The quantitative estimate of drug-likeness (QED) is 0.814. The first-order valence-corrected chi connectivity index (χ1v) is 6.14. The van der Waals surface area contributed by atoms with E-state index in [0.717, 1.165) is 4.90 Å². The van der Waals surface area contributed by atoms with E-state index >= 15 is 0 Å². The van der Waals surface area contributed by atoms with E-state index in [1.54, 1.807) is 13.0 Å². The largest absolute Gasteiger partial charge is 0.480 e. The third-order valence-corrected chi connectivity index (χ3v) is 2.61. The molecule has 0 saturated heterocycles. The lowest BCUT2D eigenvalue weighted by atomic mass is 10.3. The van der Waals surface area contributed by atoms with Gasteiger partial charge in [0.15, 0.2) is 0 Å². The Morgan fingerprint density at radius 2 is 2.15 bits per heavy atom. The lowest BCUT2D eigenvalue weighted by Gasteiger charge is -2.28. The molecule has 0 aliphatic heterocycles. The summed E-state index contributed by atoms with van der Waals surface area (Å²) in [7, 11) is 0. The number of carbonyl (C=O) groups excluding carboxylic acids is 1. The van der Waals surface area contributed by atoms with Crippen molar-refractivity contribution in [3.8, 4) is 0 Å². The highest BCUT2D eigenvalue weighted by molar-refractivity contribution is 5.93. The summed E-state index contributed by atoms with van der Waals surface area (Å²) in [5.41, 5.74) is 0.386. The second-order valence-electron chi connectivity index (χ2n) is 4.07. The molecule has 6 heteroatoms. The van der Waals surface area contributed by atoms with Crippen LogP contribution in [0.25, 0.3) is 0 Å². The van der Waals surface area contributed by atoms with Crippen LogP contribution < -0.4 is 4.90 Å². The van der Waals surface area contributed by atoms with Gasteiger partial charge in [-0.25, -0.2) is 9.18 Å². The first kappa shape index (κ1) is 15.7. The van der Waals surface area contributed by atoms with Gasteiger partial charge < -0.3 is 10.0 Å². The second-order valence-corrected chi connectivity index (χ2v) is 4.07. The standard InChI is InChI=1S/C14H17FN2O3/c1-3-8-16(10-13(18)19)14(20)17(4-2)12-7-5-6-11(15)9-12/h3,5-7,9H,1,4,8,10H2,2H3,(H,18,19). The van der Waals surface area contributed by atoms with Crippen molar-refractivity contribution in [2.45, 2.75) is 6.92 Å². The van der Waals surface area contributed by atoms with Gasteiger partial charge in [0.25, 0.3) is 0 Å². The van der Waals surface area contributed by atoms with Crippen LogP contribution in [0.2, 0.25) is 0 Å². The number of hydrogen-bond acceptors (Lipinski definition) is 2. The average Bonchev–Trinajstić information content (AvgIpc) is 2.38. The molecule has 20 heavy (non-hydrogen) atoms. The topological polar surface area (TPSA) is 60.9 Å². The zero-order valence-electron chi connectivity index (χ0n) is 11.3. The second kappa shape index (κ2) is 7.28. The van der Waals surface area contributed by atoms with Crippen LogP contribution in [0.5, 0.6) is 0 Å². The number of hydrogen-bond donors (Lipinski definition) is 1. The number of halogens is 1. The van der Waals surface area contributed by atoms with E-state index in [0.29, 0.717) is 12.2 Å². The van der Waals surface area contributed by atoms with Gasteiger partial charge in [-0.1, -0.05) is 12.1 Å². The summed E-state index contributed by atoms with van der Waals surface area (Å²) < 4.78 is 13.2. The van der Waals surface area contributed by atoms with Crippen molar-refractivity contribution in [1.82, 2.24) is 4.90 Å². The van der Waals surface area contributed by atoms with Crippen LogP contribution in [0.4, 0.5) is 14.9 Å². The number of carboxylic acid groups (broad SMARTS) is 1. The van der Waals surface area contributed by atoms with E-state index < -0.39 is 24.4 Å². The molecule has 1 N–H and O–H groups in total. The Balaban J connectivity index is 2.99. The van der Waals surface area contributed by atoms with Crippen molar-refractivity contribution in [3.63, 3.8) is 0 Å². The fourth-order valence-corrected chi connectivity index (χ4v) is 1.77. The molecule has 5 nitrogen and oxygen atoms in total. The summed E-state index contributed by atoms with van der Waals surface area (Å²) in [6.45, 7) is 5.20. The number of carbonyl (C=O) groups is 2.